The lowest BCUT2D eigenvalue weighted by Crippen LogP contribution is -2.31. The molecule has 4 nitrogen and oxygen atoms in total. The van der Waals surface area contributed by atoms with E-state index in [0.29, 0.717) is 21.5 Å². The minimum atomic E-state index is -0.760. The number of carbonyl (C=O) groups is 1. The first-order chi connectivity index (χ1) is 11.5. The summed E-state index contributed by atoms with van der Waals surface area (Å²) in [6, 6.07) is 12.7. The molecule has 6 heteroatoms. The number of anilines is 1. The summed E-state index contributed by atoms with van der Waals surface area (Å²) in [5, 5.41) is 10.0. The molecule has 1 aliphatic rings. The Morgan fingerprint density at radius 1 is 1.21 bits per heavy atom. The van der Waals surface area contributed by atoms with Crippen LogP contribution in [0.3, 0.4) is 0 Å². The van der Waals surface area contributed by atoms with Gasteiger partial charge in [-0.3, -0.25) is 4.79 Å². The van der Waals surface area contributed by atoms with E-state index < -0.39 is 5.97 Å². The second-order valence-corrected chi connectivity index (χ2v) is 6.60. The Kier molecular flexibility index (Phi) is 5.17. The van der Waals surface area contributed by atoms with Crippen LogP contribution < -0.4 is 9.64 Å². The van der Waals surface area contributed by atoms with E-state index in [-0.39, 0.29) is 12.5 Å². The van der Waals surface area contributed by atoms with Crippen molar-refractivity contribution in [2.75, 3.05) is 11.4 Å². The van der Waals surface area contributed by atoms with Crippen molar-refractivity contribution < 1.29 is 14.6 Å². The first-order valence-electron chi connectivity index (χ1n) is 7.74. The minimum Gasteiger partial charge on any atom is -0.481 e. The topological polar surface area (TPSA) is 49.8 Å². The van der Waals surface area contributed by atoms with Gasteiger partial charge in [-0.1, -0.05) is 23.2 Å². The van der Waals surface area contributed by atoms with Crippen LogP contribution in [0.5, 0.6) is 11.5 Å². The summed E-state index contributed by atoms with van der Waals surface area (Å²) in [7, 11) is 0. The molecule has 0 saturated carbocycles. The molecule has 0 aromatic heterocycles. The van der Waals surface area contributed by atoms with Crippen LogP contribution in [-0.2, 0) is 4.79 Å². The van der Waals surface area contributed by atoms with Crippen LogP contribution in [-0.4, -0.2) is 23.7 Å². The summed E-state index contributed by atoms with van der Waals surface area (Å²) in [5.74, 6) is 0.444. The van der Waals surface area contributed by atoms with Gasteiger partial charge in [-0.2, -0.15) is 0 Å². The molecule has 126 valence electrons. The largest absolute Gasteiger partial charge is 0.481 e. The third kappa shape index (κ3) is 3.94. The second kappa shape index (κ2) is 7.32. The summed E-state index contributed by atoms with van der Waals surface area (Å²) in [6.07, 6.45) is 2.08. The van der Waals surface area contributed by atoms with Gasteiger partial charge in [-0.25, -0.2) is 0 Å². The predicted octanol–water partition coefficient (Wildman–Crippen LogP) is 5.23. The van der Waals surface area contributed by atoms with Gasteiger partial charge in [-0.15, -0.1) is 0 Å². The van der Waals surface area contributed by atoms with Gasteiger partial charge in [0.2, 0.25) is 0 Å². The smallest absolute Gasteiger partial charge is 0.305 e. The third-order valence-corrected chi connectivity index (χ3v) is 4.61. The molecule has 1 N–H and O–H groups in total. The Balaban J connectivity index is 1.72. The van der Waals surface area contributed by atoms with Crippen molar-refractivity contribution >= 4 is 34.9 Å². The van der Waals surface area contributed by atoms with Gasteiger partial charge in [0.15, 0.2) is 0 Å². The van der Waals surface area contributed by atoms with Crippen molar-refractivity contribution in [2.45, 2.75) is 25.3 Å². The molecular formula is C18H17Cl2NO3. The third-order valence-electron chi connectivity index (χ3n) is 4.08. The highest BCUT2D eigenvalue weighted by Crippen LogP contribution is 2.33. The molecule has 0 radical (unpaired) electrons. The van der Waals surface area contributed by atoms with Gasteiger partial charge in [0.25, 0.3) is 0 Å². The summed E-state index contributed by atoms with van der Waals surface area (Å²) in [6.45, 7) is 0.876. The van der Waals surface area contributed by atoms with Crippen LogP contribution in [0.2, 0.25) is 10.0 Å². The lowest BCUT2D eigenvalue weighted by Gasteiger charge is -2.25. The molecule has 1 atom stereocenters. The molecule has 0 amide bonds. The van der Waals surface area contributed by atoms with Crippen LogP contribution in [0, 0.1) is 0 Å². The van der Waals surface area contributed by atoms with Crippen LogP contribution in [0.4, 0.5) is 5.69 Å². The van der Waals surface area contributed by atoms with Crippen molar-refractivity contribution in [3.05, 3.63) is 52.5 Å². The van der Waals surface area contributed by atoms with Crippen molar-refractivity contribution in [1.82, 2.24) is 0 Å². The first kappa shape index (κ1) is 16.9. The fraction of sp³-hybridized carbons (Fsp3) is 0.278. The van der Waals surface area contributed by atoms with Gasteiger partial charge in [0.05, 0.1) is 11.4 Å². The number of carboxylic acids is 1. The van der Waals surface area contributed by atoms with Crippen LogP contribution in [0.1, 0.15) is 19.3 Å². The molecule has 24 heavy (non-hydrogen) atoms. The van der Waals surface area contributed by atoms with E-state index in [1.54, 1.807) is 18.2 Å². The van der Waals surface area contributed by atoms with Gasteiger partial charge < -0.3 is 14.7 Å². The molecule has 1 saturated heterocycles. The molecular weight excluding hydrogens is 349 g/mol. The minimum absolute atomic E-state index is 0.0555. The van der Waals surface area contributed by atoms with E-state index in [2.05, 4.69) is 4.90 Å². The van der Waals surface area contributed by atoms with Crippen molar-refractivity contribution in [1.29, 1.82) is 0 Å². The molecule has 1 aliphatic heterocycles. The lowest BCUT2D eigenvalue weighted by molar-refractivity contribution is -0.137. The number of hydrogen-bond donors (Lipinski definition) is 1. The Hall–Kier alpha value is -1.91. The zero-order valence-electron chi connectivity index (χ0n) is 12.9. The Bertz CT molecular complexity index is 734. The summed E-state index contributed by atoms with van der Waals surface area (Å²) in [5.41, 5.74) is 1.01. The maximum Gasteiger partial charge on any atom is 0.305 e. The van der Waals surface area contributed by atoms with Crippen LogP contribution >= 0.6 is 23.2 Å². The maximum atomic E-state index is 11.0. The fourth-order valence-corrected chi connectivity index (χ4v) is 3.43. The van der Waals surface area contributed by atoms with E-state index >= 15 is 0 Å². The Morgan fingerprint density at radius 2 is 1.96 bits per heavy atom. The number of rotatable bonds is 5. The first-order valence-corrected chi connectivity index (χ1v) is 8.50. The summed E-state index contributed by atoms with van der Waals surface area (Å²) >= 11 is 12.0. The predicted molar refractivity (Wildman–Crippen MR) is 95.6 cm³/mol. The number of aliphatic carboxylic acids is 1. The SMILES string of the molecule is O=C(O)C[C@@H]1CCCN1c1ccc(Oc2ccc(Cl)cc2Cl)cc1. The molecule has 0 spiro atoms. The number of halogens is 2. The fourth-order valence-electron chi connectivity index (χ4n) is 2.98. The average molecular weight is 366 g/mol. The Morgan fingerprint density at radius 3 is 2.62 bits per heavy atom. The van der Waals surface area contributed by atoms with Crippen LogP contribution in [0.25, 0.3) is 0 Å². The van der Waals surface area contributed by atoms with Crippen LogP contribution in [0.15, 0.2) is 42.5 Å². The van der Waals surface area contributed by atoms with E-state index in [9.17, 15) is 4.79 Å². The second-order valence-electron chi connectivity index (χ2n) is 5.76. The molecule has 2 aromatic carbocycles. The quantitative estimate of drug-likeness (QED) is 0.787. The highest BCUT2D eigenvalue weighted by Gasteiger charge is 2.26. The monoisotopic (exact) mass is 365 g/mol. The number of hydrogen-bond acceptors (Lipinski definition) is 3. The molecule has 1 fully saturated rings. The Labute approximate surface area is 150 Å². The number of ether oxygens (including phenoxy) is 1. The molecule has 2 aromatic rings. The number of carboxylic acid groups (broad SMARTS) is 1. The highest BCUT2D eigenvalue weighted by atomic mass is 35.5. The van der Waals surface area contributed by atoms with E-state index in [1.165, 1.54) is 0 Å². The molecule has 1 heterocycles. The summed E-state index contributed by atoms with van der Waals surface area (Å²) < 4.78 is 5.77. The average Bonchev–Trinajstić information content (AvgIpc) is 2.98. The molecule has 0 aliphatic carbocycles. The van der Waals surface area contributed by atoms with Crippen molar-refractivity contribution in [3.8, 4) is 11.5 Å². The number of nitrogens with zero attached hydrogens (tertiary/aromatic N) is 1. The zero-order chi connectivity index (χ0) is 17.1. The standard InChI is InChI=1S/C18H17Cl2NO3/c19-12-3-8-17(16(20)10-12)24-15-6-4-13(5-7-15)21-9-1-2-14(21)11-18(22)23/h3-8,10,14H,1-2,9,11H2,(H,22,23)/t14-/m0/s1. The maximum absolute atomic E-state index is 11.0. The van der Waals surface area contributed by atoms with Crippen molar-refractivity contribution in [2.24, 2.45) is 0 Å². The molecule has 0 bridgehead atoms. The van der Waals surface area contributed by atoms with E-state index in [4.69, 9.17) is 33.0 Å². The van der Waals surface area contributed by atoms with E-state index in [0.717, 1.165) is 25.1 Å². The number of benzene rings is 2. The van der Waals surface area contributed by atoms with Gasteiger partial charge in [-0.05, 0) is 55.3 Å². The molecule has 0 unspecified atom stereocenters. The molecule has 3 rings (SSSR count). The van der Waals surface area contributed by atoms with Gasteiger partial charge >= 0.3 is 5.97 Å². The lowest BCUT2D eigenvalue weighted by atomic mass is 10.1. The normalized spacial score (nSPS) is 17.1. The highest BCUT2D eigenvalue weighted by molar-refractivity contribution is 6.35. The van der Waals surface area contributed by atoms with E-state index in [1.807, 2.05) is 24.3 Å². The summed E-state index contributed by atoms with van der Waals surface area (Å²) in [4.78, 5) is 13.1. The van der Waals surface area contributed by atoms with Gasteiger partial charge in [0, 0.05) is 23.3 Å². The zero-order valence-corrected chi connectivity index (χ0v) is 14.4. The van der Waals surface area contributed by atoms with Crippen molar-refractivity contribution in [3.63, 3.8) is 0 Å². The van der Waals surface area contributed by atoms with Gasteiger partial charge in [0.1, 0.15) is 11.5 Å².